The van der Waals surface area contributed by atoms with Gasteiger partial charge in [0.2, 0.25) is 0 Å². The Kier molecular flexibility index (Phi) is 2.32. The largest absolute Gasteiger partial charge is 0.355 e. The van der Waals surface area contributed by atoms with Crippen LogP contribution in [0, 0.1) is 0 Å². The summed E-state index contributed by atoms with van der Waals surface area (Å²) in [6, 6.07) is 9.01. The fourth-order valence-electron chi connectivity index (χ4n) is 1.28. The van der Waals surface area contributed by atoms with E-state index < -0.39 is 9.84 Å². The first-order chi connectivity index (χ1) is 7.09. The second-order valence-corrected chi connectivity index (χ2v) is 5.14. The molecule has 0 atom stereocenters. The number of sulfone groups is 1. The summed E-state index contributed by atoms with van der Waals surface area (Å²) in [6.07, 6.45) is 2.35. The lowest BCUT2D eigenvalue weighted by Gasteiger charge is -1.97. The van der Waals surface area contributed by atoms with Gasteiger partial charge in [0.15, 0.2) is 15.6 Å². The molecule has 15 heavy (non-hydrogen) atoms. The van der Waals surface area contributed by atoms with Crippen LogP contribution in [0.15, 0.2) is 45.9 Å². The molecule has 0 saturated carbocycles. The molecule has 0 N–H and O–H groups in total. The second-order valence-electron chi connectivity index (χ2n) is 3.16. The Morgan fingerprint density at radius 3 is 2.47 bits per heavy atom. The van der Waals surface area contributed by atoms with E-state index in [1.54, 1.807) is 12.1 Å². The topological polar surface area (TPSA) is 60.2 Å². The van der Waals surface area contributed by atoms with Gasteiger partial charge < -0.3 is 4.52 Å². The van der Waals surface area contributed by atoms with Crippen molar-refractivity contribution in [1.29, 1.82) is 0 Å². The van der Waals surface area contributed by atoms with Gasteiger partial charge in [0.25, 0.3) is 0 Å². The molecular formula is C10H9NO3S. The Morgan fingerprint density at radius 2 is 1.87 bits per heavy atom. The minimum atomic E-state index is -3.29. The maximum absolute atomic E-state index is 11.4. The van der Waals surface area contributed by atoms with E-state index in [4.69, 9.17) is 4.52 Å². The monoisotopic (exact) mass is 223 g/mol. The van der Waals surface area contributed by atoms with Crippen LogP contribution in [0.3, 0.4) is 0 Å². The van der Waals surface area contributed by atoms with E-state index in [0.717, 1.165) is 6.26 Å². The van der Waals surface area contributed by atoms with Gasteiger partial charge in [0.05, 0.1) is 6.20 Å². The fourth-order valence-corrected chi connectivity index (χ4v) is 2.01. The van der Waals surface area contributed by atoms with Crippen molar-refractivity contribution in [3.05, 3.63) is 36.5 Å². The van der Waals surface area contributed by atoms with Crippen LogP contribution in [0.25, 0.3) is 11.3 Å². The van der Waals surface area contributed by atoms with Crippen LogP contribution in [0.2, 0.25) is 0 Å². The summed E-state index contributed by atoms with van der Waals surface area (Å²) in [5.41, 5.74) is 0.704. The smallest absolute Gasteiger partial charge is 0.185 e. The van der Waals surface area contributed by atoms with Crippen LogP contribution in [-0.2, 0) is 9.84 Å². The molecule has 78 valence electrons. The zero-order valence-corrected chi connectivity index (χ0v) is 8.86. The van der Waals surface area contributed by atoms with Gasteiger partial charge >= 0.3 is 0 Å². The summed E-state index contributed by atoms with van der Waals surface area (Å²) in [5.74, 6) is 0.290. The Bertz CT molecular complexity index is 557. The predicted molar refractivity (Wildman–Crippen MR) is 55.0 cm³/mol. The molecule has 0 spiro atoms. The number of hydrogen-bond acceptors (Lipinski definition) is 4. The van der Waals surface area contributed by atoms with E-state index in [1.165, 1.54) is 6.20 Å². The quantitative estimate of drug-likeness (QED) is 0.778. The first-order valence-electron chi connectivity index (χ1n) is 4.29. The van der Waals surface area contributed by atoms with E-state index in [2.05, 4.69) is 5.16 Å². The lowest BCUT2D eigenvalue weighted by Crippen LogP contribution is -1.96. The Balaban J connectivity index is 2.61. The lowest BCUT2D eigenvalue weighted by atomic mass is 10.2. The number of aromatic nitrogens is 1. The minimum Gasteiger partial charge on any atom is -0.355 e. The van der Waals surface area contributed by atoms with Gasteiger partial charge in [-0.05, 0) is 0 Å². The molecule has 0 radical (unpaired) electrons. The number of hydrogen-bond donors (Lipinski definition) is 0. The van der Waals surface area contributed by atoms with Crippen molar-refractivity contribution in [2.45, 2.75) is 4.90 Å². The maximum atomic E-state index is 11.4. The highest BCUT2D eigenvalue weighted by atomic mass is 32.2. The molecule has 1 aromatic heterocycles. The van der Waals surface area contributed by atoms with Crippen molar-refractivity contribution >= 4 is 9.84 Å². The van der Waals surface area contributed by atoms with Gasteiger partial charge in [-0.2, -0.15) is 0 Å². The fraction of sp³-hybridized carbons (Fsp3) is 0.100. The average molecular weight is 223 g/mol. The third-order valence-electron chi connectivity index (χ3n) is 1.97. The Hall–Kier alpha value is -1.62. The van der Waals surface area contributed by atoms with Crippen molar-refractivity contribution in [2.75, 3.05) is 6.26 Å². The minimum absolute atomic E-state index is 0.119. The molecule has 0 fully saturated rings. The zero-order chi connectivity index (χ0) is 10.9. The van der Waals surface area contributed by atoms with Gasteiger partial charge in [0.1, 0.15) is 4.90 Å². The normalized spacial score (nSPS) is 11.5. The van der Waals surface area contributed by atoms with Crippen LogP contribution >= 0.6 is 0 Å². The molecule has 0 saturated heterocycles. The van der Waals surface area contributed by atoms with Crippen LogP contribution in [0.5, 0.6) is 0 Å². The van der Waals surface area contributed by atoms with E-state index in [-0.39, 0.29) is 10.7 Å². The van der Waals surface area contributed by atoms with Gasteiger partial charge in [-0.15, -0.1) is 0 Å². The number of benzene rings is 1. The highest BCUT2D eigenvalue weighted by molar-refractivity contribution is 7.90. The lowest BCUT2D eigenvalue weighted by molar-refractivity contribution is 0.430. The highest BCUT2D eigenvalue weighted by Crippen LogP contribution is 2.26. The molecule has 0 aliphatic heterocycles. The number of rotatable bonds is 2. The van der Waals surface area contributed by atoms with Crippen molar-refractivity contribution in [1.82, 2.24) is 5.16 Å². The van der Waals surface area contributed by atoms with Crippen molar-refractivity contribution in [2.24, 2.45) is 0 Å². The Morgan fingerprint density at radius 1 is 1.20 bits per heavy atom. The molecule has 1 aromatic carbocycles. The summed E-state index contributed by atoms with van der Waals surface area (Å²) in [4.78, 5) is 0.119. The first kappa shape index (κ1) is 9.92. The molecule has 0 amide bonds. The Labute approximate surface area is 87.4 Å². The average Bonchev–Trinajstić information content (AvgIpc) is 2.67. The summed E-state index contributed by atoms with van der Waals surface area (Å²) in [6.45, 7) is 0. The van der Waals surface area contributed by atoms with E-state index >= 15 is 0 Å². The third-order valence-corrected chi connectivity index (χ3v) is 3.06. The third kappa shape index (κ3) is 1.92. The molecule has 2 aromatic rings. The highest BCUT2D eigenvalue weighted by Gasteiger charge is 2.18. The zero-order valence-electron chi connectivity index (χ0n) is 8.04. The maximum Gasteiger partial charge on any atom is 0.185 e. The molecule has 0 bridgehead atoms. The first-order valence-corrected chi connectivity index (χ1v) is 6.18. The van der Waals surface area contributed by atoms with Crippen LogP contribution in [0.1, 0.15) is 0 Å². The second kappa shape index (κ2) is 3.51. The molecule has 2 rings (SSSR count). The SMILES string of the molecule is CS(=O)(=O)c1cnoc1-c1ccccc1. The molecular weight excluding hydrogens is 214 g/mol. The number of nitrogens with zero attached hydrogens (tertiary/aromatic N) is 1. The van der Waals surface area contributed by atoms with Crippen molar-refractivity contribution < 1.29 is 12.9 Å². The standard InChI is InChI=1S/C10H9NO3S/c1-15(12,13)9-7-11-14-10(9)8-5-3-2-4-6-8/h2-7H,1H3. The summed E-state index contributed by atoms with van der Waals surface area (Å²) >= 11 is 0. The van der Waals surface area contributed by atoms with Gasteiger partial charge in [-0.25, -0.2) is 8.42 Å². The molecule has 0 aliphatic rings. The van der Waals surface area contributed by atoms with Gasteiger partial charge in [-0.1, -0.05) is 35.5 Å². The molecule has 5 heteroatoms. The van der Waals surface area contributed by atoms with Crippen LogP contribution < -0.4 is 0 Å². The van der Waals surface area contributed by atoms with Crippen LogP contribution in [0.4, 0.5) is 0 Å². The molecule has 0 unspecified atom stereocenters. The molecule has 1 heterocycles. The molecule has 0 aliphatic carbocycles. The summed E-state index contributed by atoms with van der Waals surface area (Å²) in [7, 11) is -3.29. The van der Waals surface area contributed by atoms with E-state index in [0.29, 0.717) is 5.56 Å². The van der Waals surface area contributed by atoms with Crippen LogP contribution in [-0.4, -0.2) is 19.8 Å². The van der Waals surface area contributed by atoms with Gasteiger partial charge in [-0.3, -0.25) is 0 Å². The molecule has 4 nitrogen and oxygen atoms in total. The summed E-state index contributed by atoms with van der Waals surface area (Å²) < 4.78 is 27.7. The van der Waals surface area contributed by atoms with E-state index in [1.807, 2.05) is 18.2 Å². The van der Waals surface area contributed by atoms with Crippen molar-refractivity contribution in [3.8, 4) is 11.3 Å². The van der Waals surface area contributed by atoms with Gasteiger partial charge in [0, 0.05) is 11.8 Å². The van der Waals surface area contributed by atoms with Crippen molar-refractivity contribution in [3.63, 3.8) is 0 Å². The predicted octanol–water partition coefficient (Wildman–Crippen LogP) is 1.75. The summed E-state index contributed by atoms with van der Waals surface area (Å²) in [5, 5.41) is 3.51. The van der Waals surface area contributed by atoms with E-state index in [9.17, 15) is 8.42 Å².